The number of anilines is 1. The van der Waals surface area contributed by atoms with E-state index in [0.29, 0.717) is 6.54 Å². The number of nitrogens with two attached hydrogens (primary N) is 1. The Morgan fingerprint density at radius 2 is 2.26 bits per heavy atom. The lowest BCUT2D eigenvalue weighted by Gasteiger charge is -2.46. The Balaban J connectivity index is 1.76. The quantitative estimate of drug-likeness (QED) is 0.886. The van der Waals surface area contributed by atoms with E-state index in [2.05, 4.69) is 4.90 Å². The molecule has 102 valence electrons. The SMILES string of the molecule is NCC1(N2CCc3ccc(F)cc32)CC2CCC1C2. The molecule has 2 nitrogen and oxygen atoms in total. The molecule has 1 aromatic rings. The van der Waals surface area contributed by atoms with Gasteiger partial charge in [-0.25, -0.2) is 4.39 Å². The van der Waals surface area contributed by atoms with Gasteiger partial charge >= 0.3 is 0 Å². The lowest BCUT2D eigenvalue weighted by molar-refractivity contribution is 0.261. The monoisotopic (exact) mass is 260 g/mol. The first-order chi connectivity index (χ1) is 9.23. The van der Waals surface area contributed by atoms with Crippen molar-refractivity contribution in [3.8, 4) is 0 Å². The maximum atomic E-state index is 13.6. The van der Waals surface area contributed by atoms with Gasteiger partial charge < -0.3 is 10.6 Å². The van der Waals surface area contributed by atoms with E-state index < -0.39 is 0 Å². The maximum absolute atomic E-state index is 13.6. The van der Waals surface area contributed by atoms with Crippen LogP contribution in [0.3, 0.4) is 0 Å². The van der Waals surface area contributed by atoms with E-state index in [0.717, 1.165) is 30.5 Å². The van der Waals surface area contributed by atoms with Crippen molar-refractivity contribution in [2.24, 2.45) is 17.6 Å². The van der Waals surface area contributed by atoms with Crippen molar-refractivity contribution < 1.29 is 4.39 Å². The Hall–Kier alpha value is -1.09. The Morgan fingerprint density at radius 1 is 1.37 bits per heavy atom. The third-order valence-corrected chi connectivity index (χ3v) is 5.78. The number of hydrogen-bond acceptors (Lipinski definition) is 2. The summed E-state index contributed by atoms with van der Waals surface area (Å²) in [6.45, 7) is 1.73. The molecule has 3 unspecified atom stereocenters. The number of benzene rings is 1. The third-order valence-electron chi connectivity index (χ3n) is 5.78. The number of fused-ring (bicyclic) bond motifs is 3. The van der Waals surface area contributed by atoms with Crippen LogP contribution in [0.4, 0.5) is 10.1 Å². The molecular formula is C16H21FN2. The highest BCUT2D eigenvalue weighted by Crippen LogP contribution is 2.55. The maximum Gasteiger partial charge on any atom is 0.125 e. The second-order valence-electron chi connectivity index (χ2n) is 6.56. The highest BCUT2D eigenvalue weighted by molar-refractivity contribution is 5.61. The van der Waals surface area contributed by atoms with Crippen LogP contribution in [0.1, 0.15) is 31.2 Å². The zero-order chi connectivity index (χ0) is 13.0. The predicted octanol–water partition coefficient (Wildman–Crippen LogP) is 2.71. The minimum atomic E-state index is -0.124. The van der Waals surface area contributed by atoms with Crippen LogP contribution in [0.5, 0.6) is 0 Å². The first-order valence-corrected chi connectivity index (χ1v) is 7.49. The van der Waals surface area contributed by atoms with Crippen LogP contribution in [0.2, 0.25) is 0 Å². The molecule has 3 heteroatoms. The standard InChI is InChI=1S/C16H21FN2/c17-14-4-2-12-5-6-19(15(12)8-14)16(10-18)9-11-1-3-13(16)7-11/h2,4,8,11,13H,1,3,5-7,9-10,18H2. The number of hydrogen-bond donors (Lipinski definition) is 1. The summed E-state index contributed by atoms with van der Waals surface area (Å²) in [5.74, 6) is 1.45. The normalized spacial score (nSPS) is 36.0. The van der Waals surface area contributed by atoms with Crippen molar-refractivity contribution in [2.45, 2.75) is 37.6 Å². The van der Waals surface area contributed by atoms with Gasteiger partial charge in [0.2, 0.25) is 0 Å². The molecule has 2 bridgehead atoms. The van der Waals surface area contributed by atoms with E-state index in [1.54, 1.807) is 12.1 Å². The summed E-state index contributed by atoms with van der Waals surface area (Å²) in [6, 6.07) is 5.24. The molecule has 2 N–H and O–H groups in total. The number of rotatable bonds is 2. The van der Waals surface area contributed by atoms with Gasteiger partial charge in [0.15, 0.2) is 0 Å². The Labute approximate surface area is 113 Å². The highest BCUT2D eigenvalue weighted by Gasteiger charge is 2.54. The fourth-order valence-electron chi connectivity index (χ4n) is 4.92. The second-order valence-corrected chi connectivity index (χ2v) is 6.56. The van der Waals surface area contributed by atoms with Crippen LogP contribution in [0.15, 0.2) is 18.2 Å². The molecule has 2 saturated carbocycles. The molecular weight excluding hydrogens is 239 g/mol. The van der Waals surface area contributed by atoms with Gasteiger partial charge in [-0.05, 0) is 61.6 Å². The molecule has 19 heavy (non-hydrogen) atoms. The minimum Gasteiger partial charge on any atom is -0.364 e. The van der Waals surface area contributed by atoms with Crippen LogP contribution < -0.4 is 10.6 Å². The van der Waals surface area contributed by atoms with Crippen LogP contribution in [0, 0.1) is 17.7 Å². The smallest absolute Gasteiger partial charge is 0.125 e. The minimum absolute atomic E-state index is 0.113. The molecule has 0 amide bonds. The van der Waals surface area contributed by atoms with Gasteiger partial charge in [-0.3, -0.25) is 0 Å². The van der Waals surface area contributed by atoms with E-state index >= 15 is 0 Å². The van der Waals surface area contributed by atoms with E-state index in [9.17, 15) is 4.39 Å². The largest absolute Gasteiger partial charge is 0.364 e. The van der Waals surface area contributed by atoms with Gasteiger partial charge in [-0.1, -0.05) is 6.07 Å². The molecule has 0 radical (unpaired) electrons. The molecule has 2 aliphatic carbocycles. The zero-order valence-corrected chi connectivity index (χ0v) is 11.2. The van der Waals surface area contributed by atoms with Crippen molar-refractivity contribution in [1.29, 1.82) is 0 Å². The fraction of sp³-hybridized carbons (Fsp3) is 0.625. The molecule has 4 rings (SSSR count). The van der Waals surface area contributed by atoms with Gasteiger partial charge in [-0.2, -0.15) is 0 Å². The first-order valence-electron chi connectivity index (χ1n) is 7.49. The van der Waals surface area contributed by atoms with Gasteiger partial charge in [0.25, 0.3) is 0 Å². The van der Waals surface area contributed by atoms with E-state index in [4.69, 9.17) is 5.73 Å². The number of halogens is 1. The fourth-order valence-corrected chi connectivity index (χ4v) is 4.92. The third kappa shape index (κ3) is 1.51. The van der Waals surface area contributed by atoms with Gasteiger partial charge in [0.1, 0.15) is 5.82 Å². The van der Waals surface area contributed by atoms with E-state index in [1.807, 2.05) is 6.07 Å². The summed E-state index contributed by atoms with van der Waals surface area (Å²) < 4.78 is 13.6. The summed E-state index contributed by atoms with van der Waals surface area (Å²) >= 11 is 0. The van der Waals surface area contributed by atoms with E-state index in [-0.39, 0.29) is 11.4 Å². The van der Waals surface area contributed by atoms with Crippen LogP contribution in [-0.4, -0.2) is 18.6 Å². The Morgan fingerprint density at radius 3 is 2.95 bits per heavy atom. The Bertz CT molecular complexity index is 515. The van der Waals surface area contributed by atoms with Crippen LogP contribution in [-0.2, 0) is 6.42 Å². The number of nitrogens with zero attached hydrogens (tertiary/aromatic N) is 1. The van der Waals surface area contributed by atoms with Crippen molar-refractivity contribution in [2.75, 3.05) is 18.0 Å². The first kappa shape index (κ1) is 11.7. The average molecular weight is 260 g/mol. The summed E-state index contributed by atoms with van der Waals surface area (Å²) in [5, 5.41) is 0. The van der Waals surface area contributed by atoms with Crippen molar-refractivity contribution in [3.63, 3.8) is 0 Å². The van der Waals surface area contributed by atoms with Crippen molar-refractivity contribution >= 4 is 5.69 Å². The molecule has 2 fully saturated rings. The van der Waals surface area contributed by atoms with Crippen molar-refractivity contribution in [3.05, 3.63) is 29.6 Å². The lowest BCUT2D eigenvalue weighted by atomic mass is 9.79. The summed E-state index contributed by atoms with van der Waals surface area (Å²) in [6.07, 6.45) is 6.26. The highest BCUT2D eigenvalue weighted by atomic mass is 19.1. The molecule has 1 heterocycles. The molecule has 3 atom stereocenters. The summed E-state index contributed by atoms with van der Waals surface area (Å²) in [5.41, 5.74) is 8.71. The molecule has 3 aliphatic rings. The topological polar surface area (TPSA) is 29.3 Å². The lowest BCUT2D eigenvalue weighted by Crippen LogP contribution is -2.57. The molecule has 0 spiro atoms. The summed E-state index contributed by atoms with van der Waals surface area (Å²) in [4.78, 5) is 2.45. The zero-order valence-electron chi connectivity index (χ0n) is 11.2. The van der Waals surface area contributed by atoms with Crippen LogP contribution in [0.25, 0.3) is 0 Å². The van der Waals surface area contributed by atoms with Gasteiger partial charge in [-0.15, -0.1) is 0 Å². The van der Waals surface area contributed by atoms with Gasteiger partial charge in [0.05, 0.1) is 5.54 Å². The predicted molar refractivity (Wildman–Crippen MR) is 74.7 cm³/mol. The summed E-state index contributed by atoms with van der Waals surface area (Å²) in [7, 11) is 0. The Kier molecular flexibility index (Phi) is 2.44. The molecule has 0 saturated heterocycles. The van der Waals surface area contributed by atoms with Gasteiger partial charge in [0, 0.05) is 18.8 Å². The molecule has 1 aliphatic heterocycles. The van der Waals surface area contributed by atoms with Crippen LogP contribution >= 0.6 is 0 Å². The van der Waals surface area contributed by atoms with E-state index in [1.165, 1.54) is 31.2 Å². The average Bonchev–Trinajstić information content (AvgIpc) is 3.11. The molecule has 1 aromatic carbocycles. The molecule has 0 aromatic heterocycles. The van der Waals surface area contributed by atoms with Crippen molar-refractivity contribution in [1.82, 2.24) is 0 Å². The second kappa shape index (κ2) is 3.95.